The monoisotopic (exact) mass is 418 g/mol. The van der Waals surface area contributed by atoms with E-state index in [9.17, 15) is 13.2 Å². The Hall–Kier alpha value is -2.74. The van der Waals surface area contributed by atoms with E-state index in [0.29, 0.717) is 17.2 Å². The fourth-order valence-corrected chi connectivity index (χ4v) is 4.40. The van der Waals surface area contributed by atoms with Crippen LogP contribution in [0.25, 0.3) is 0 Å². The van der Waals surface area contributed by atoms with Gasteiger partial charge in [0.05, 0.1) is 24.2 Å². The van der Waals surface area contributed by atoms with Crippen molar-refractivity contribution in [2.45, 2.75) is 37.8 Å². The first kappa shape index (κ1) is 21.0. The molecule has 2 aromatic carbocycles. The van der Waals surface area contributed by atoms with Crippen LogP contribution in [-0.2, 0) is 14.8 Å². The number of amides is 1. The molecule has 0 saturated carbocycles. The molecule has 29 heavy (non-hydrogen) atoms. The van der Waals surface area contributed by atoms with Gasteiger partial charge in [0, 0.05) is 6.04 Å². The molecule has 0 unspecified atom stereocenters. The van der Waals surface area contributed by atoms with Crippen molar-refractivity contribution < 1.29 is 22.7 Å². The molecular formula is C21H26N2O5S. The second kappa shape index (κ2) is 8.32. The molecule has 0 spiro atoms. The number of nitrogens with zero attached hydrogens (tertiary/aromatic N) is 1. The summed E-state index contributed by atoms with van der Waals surface area (Å²) in [6, 6.07) is 12.9. The summed E-state index contributed by atoms with van der Waals surface area (Å²) in [5, 5.41) is 2.90. The van der Waals surface area contributed by atoms with Crippen LogP contribution in [0.15, 0.2) is 53.4 Å². The summed E-state index contributed by atoms with van der Waals surface area (Å²) in [6.45, 7) is 5.80. The van der Waals surface area contributed by atoms with Crippen molar-refractivity contribution >= 4 is 21.6 Å². The first-order valence-corrected chi connectivity index (χ1v) is 10.9. The number of fused-ring (bicyclic) bond motifs is 1. The molecule has 2 atom stereocenters. The predicted octanol–water partition coefficient (Wildman–Crippen LogP) is 2.81. The van der Waals surface area contributed by atoms with Crippen molar-refractivity contribution in [3.8, 4) is 11.5 Å². The molecule has 1 N–H and O–H groups in total. The summed E-state index contributed by atoms with van der Waals surface area (Å²) >= 11 is 0. The number of para-hydroxylation sites is 2. The molecule has 1 amide bonds. The lowest BCUT2D eigenvalue weighted by atomic mass is 10.1. The van der Waals surface area contributed by atoms with Crippen LogP contribution in [-0.4, -0.2) is 40.1 Å². The molecule has 0 radical (unpaired) electrons. The van der Waals surface area contributed by atoms with Gasteiger partial charge >= 0.3 is 0 Å². The first-order chi connectivity index (χ1) is 13.7. The number of sulfonamides is 1. The van der Waals surface area contributed by atoms with Gasteiger partial charge in [-0.15, -0.1) is 0 Å². The highest BCUT2D eigenvalue weighted by Gasteiger charge is 2.37. The van der Waals surface area contributed by atoms with Crippen LogP contribution in [0.3, 0.4) is 0 Å². The number of hydrogen-bond acceptors (Lipinski definition) is 5. The van der Waals surface area contributed by atoms with Crippen molar-refractivity contribution in [1.29, 1.82) is 0 Å². The van der Waals surface area contributed by atoms with Crippen LogP contribution in [0, 0.1) is 5.92 Å². The van der Waals surface area contributed by atoms with Gasteiger partial charge in [-0.1, -0.05) is 26.0 Å². The molecular weight excluding hydrogens is 392 g/mol. The maximum absolute atomic E-state index is 13.3. The third-order valence-electron chi connectivity index (χ3n) is 5.04. The third-order valence-corrected chi connectivity index (χ3v) is 6.84. The number of benzene rings is 2. The quantitative estimate of drug-likeness (QED) is 0.780. The van der Waals surface area contributed by atoms with Gasteiger partial charge in [0.15, 0.2) is 6.10 Å². The zero-order valence-electron chi connectivity index (χ0n) is 17.0. The van der Waals surface area contributed by atoms with Crippen molar-refractivity contribution in [3.63, 3.8) is 0 Å². The Morgan fingerprint density at radius 2 is 1.79 bits per heavy atom. The van der Waals surface area contributed by atoms with E-state index in [1.54, 1.807) is 36.4 Å². The Kier molecular flexibility index (Phi) is 6.02. The van der Waals surface area contributed by atoms with Gasteiger partial charge in [-0.3, -0.25) is 9.10 Å². The summed E-state index contributed by atoms with van der Waals surface area (Å²) in [5.41, 5.74) is 0.407. The van der Waals surface area contributed by atoms with Gasteiger partial charge in [0.1, 0.15) is 11.5 Å². The average molecular weight is 419 g/mol. The third kappa shape index (κ3) is 4.32. The molecule has 1 heterocycles. The van der Waals surface area contributed by atoms with Crippen molar-refractivity contribution in [3.05, 3.63) is 48.5 Å². The van der Waals surface area contributed by atoms with E-state index < -0.39 is 16.1 Å². The smallest absolute Gasteiger partial charge is 0.264 e. The van der Waals surface area contributed by atoms with Gasteiger partial charge in [0.25, 0.3) is 15.9 Å². The predicted molar refractivity (Wildman–Crippen MR) is 111 cm³/mol. The number of carbonyl (C=O) groups excluding carboxylic acids is 1. The zero-order valence-corrected chi connectivity index (χ0v) is 17.8. The van der Waals surface area contributed by atoms with E-state index in [2.05, 4.69) is 5.32 Å². The van der Waals surface area contributed by atoms with Gasteiger partial charge < -0.3 is 14.8 Å². The number of methoxy groups -OCH3 is 1. The fraction of sp³-hybridized carbons (Fsp3) is 0.381. The number of rotatable bonds is 6. The average Bonchev–Trinajstić information content (AvgIpc) is 2.72. The summed E-state index contributed by atoms with van der Waals surface area (Å²) in [6.07, 6.45) is -0.945. The van der Waals surface area contributed by atoms with Crippen LogP contribution in [0.1, 0.15) is 20.8 Å². The number of nitrogens with one attached hydrogen (secondary N) is 1. The Balaban J connectivity index is 1.95. The molecule has 0 aromatic heterocycles. The summed E-state index contributed by atoms with van der Waals surface area (Å²) in [7, 11) is -2.38. The second-order valence-corrected chi connectivity index (χ2v) is 9.19. The standard InChI is InChI=1S/C21H26N2O5S/c1-14(2)15(3)22-21(24)20-13-23(18-7-5-6-8-19(18)28-20)29(25,26)17-11-9-16(27-4)10-12-17/h5-12,14-15,20H,13H2,1-4H3,(H,22,24)/t15-,20-/m1/s1. The number of hydrogen-bond donors (Lipinski definition) is 1. The summed E-state index contributed by atoms with van der Waals surface area (Å²) in [4.78, 5) is 12.9. The number of anilines is 1. The Labute approximate surface area is 171 Å². The molecule has 3 rings (SSSR count). The van der Waals surface area contributed by atoms with Crippen molar-refractivity contribution in [2.24, 2.45) is 5.92 Å². The van der Waals surface area contributed by atoms with Crippen LogP contribution in [0.2, 0.25) is 0 Å². The van der Waals surface area contributed by atoms with E-state index in [0.717, 1.165) is 0 Å². The molecule has 0 fully saturated rings. The number of ether oxygens (including phenoxy) is 2. The van der Waals surface area contributed by atoms with E-state index in [4.69, 9.17) is 9.47 Å². The van der Waals surface area contributed by atoms with E-state index in [1.165, 1.54) is 23.5 Å². The number of carbonyl (C=O) groups is 1. The maximum Gasteiger partial charge on any atom is 0.264 e. The lowest BCUT2D eigenvalue weighted by Gasteiger charge is -2.35. The molecule has 0 aliphatic carbocycles. The minimum atomic E-state index is -3.89. The van der Waals surface area contributed by atoms with E-state index in [-0.39, 0.29) is 29.3 Å². The first-order valence-electron chi connectivity index (χ1n) is 9.47. The molecule has 156 valence electrons. The molecule has 2 aromatic rings. The molecule has 0 saturated heterocycles. The zero-order chi connectivity index (χ0) is 21.2. The topological polar surface area (TPSA) is 84.9 Å². The molecule has 8 heteroatoms. The Bertz CT molecular complexity index is 973. The lowest BCUT2D eigenvalue weighted by Crippen LogP contribution is -2.52. The largest absolute Gasteiger partial charge is 0.497 e. The fourth-order valence-electron chi connectivity index (χ4n) is 2.93. The van der Waals surface area contributed by atoms with Gasteiger partial charge in [-0.05, 0) is 49.2 Å². The van der Waals surface area contributed by atoms with Gasteiger partial charge in [-0.25, -0.2) is 8.42 Å². The van der Waals surface area contributed by atoms with Crippen LogP contribution in [0.4, 0.5) is 5.69 Å². The summed E-state index contributed by atoms with van der Waals surface area (Å²) < 4.78 is 38.9. The Morgan fingerprint density at radius 3 is 2.41 bits per heavy atom. The normalized spacial score (nSPS) is 17.3. The highest BCUT2D eigenvalue weighted by molar-refractivity contribution is 7.92. The van der Waals surface area contributed by atoms with Crippen LogP contribution >= 0.6 is 0 Å². The molecule has 1 aliphatic rings. The van der Waals surface area contributed by atoms with Crippen LogP contribution in [0.5, 0.6) is 11.5 Å². The minimum Gasteiger partial charge on any atom is -0.497 e. The summed E-state index contributed by atoms with van der Waals surface area (Å²) in [5.74, 6) is 0.823. The lowest BCUT2D eigenvalue weighted by molar-refractivity contribution is -0.128. The van der Waals surface area contributed by atoms with Gasteiger partial charge in [-0.2, -0.15) is 0 Å². The highest BCUT2D eigenvalue weighted by atomic mass is 32.2. The SMILES string of the molecule is COc1ccc(S(=O)(=O)N2C[C@H](C(=O)N[C@H](C)C(C)C)Oc3ccccc32)cc1. The molecule has 0 bridgehead atoms. The second-order valence-electron chi connectivity index (χ2n) is 7.33. The van der Waals surface area contributed by atoms with E-state index >= 15 is 0 Å². The van der Waals surface area contributed by atoms with Gasteiger partial charge in [0.2, 0.25) is 0 Å². The minimum absolute atomic E-state index is 0.0603. The van der Waals surface area contributed by atoms with Crippen molar-refractivity contribution in [2.75, 3.05) is 18.0 Å². The molecule has 1 aliphatic heterocycles. The van der Waals surface area contributed by atoms with Crippen LogP contribution < -0.4 is 19.1 Å². The maximum atomic E-state index is 13.3. The Morgan fingerprint density at radius 1 is 1.14 bits per heavy atom. The van der Waals surface area contributed by atoms with Crippen molar-refractivity contribution in [1.82, 2.24) is 5.32 Å². The van der Waals surface area contributed by atoms with E-state index in [1.807, 2.05) is 20.8 Å². The highest BCUT2D eigenvalue weighted by Crippen LogP contribution is 2.37. The molecule has 7 nitrogen and oxygen atoms in total.